The summed E-state index contributed by atoms with van der Waals surface area (Å²) in [6, 6.07) is 11.0. The number of carbonyl (C=O) groups is 1. The molecule has 7 nitrogen and oxygen atoms in total. The first-order valence-electron chi connectivity index (χ1n) is 9.70. The first-order valence-corrected chi connectivity index (χ1v) is 9.70. The number of alkyl halides is 3. The van der Waals surface area contributed by atoms with Gasteiger partial charge in [-0.3, -0.25) is 0 Å². The zero-order valence-corrected chi connectivity index (χ0v) is 17.2. The first-order chi connectivity index (χ1) is 15.1. The van der Waals surface area contributed by atoms with Crippen molar-refractivity contribution in [3.63, 3.8) is 0 Å². The summed E-state index contributed by atoms with van der Waals surface area (Å²) in [6.07, 6.45) is -2.69. The van der Waals surface area contributed by atoms with Gasteiger partial charge >= 0.3 is 12.1 Å². The van der Waals surface area contributed by atoms with Gasteiger partial charge in [0.25, 0.3) is 0 Å². The average molecular weight is 444 g/mol. The highest BCUT2D eigenvalue weighted by molar-refractivity contribution is 5.84. The molecule has 0 radical (unpaired) electrons. The van der Waals surface area contributed by atoms with E-state index >= 15 is 0 Å². The number of carboxylic acids is 1. The van der Waals surface area contributed by atoms with Gasteiger partial charge in [-0.1, -0.05) is 0 Å². The van der Waals surface area contributed by atoms with Crippen LogP contribution in [0.5, 0.6) is 5.75 Å². The van der Waals surface area contributed by atoms with Crippen LogP contribution in [-0.4, -0.2) is 30.6 Å². The maximum atomic E-state index is 12.7. The quantitative estimate of drug-likeness (QED) is 0.463. The van der Waals surface area contributed by atoms with Crippen LogP contribution < -0.4 is 4.74 Å². The third-order valence-electron chi connectivity index (χ3n) is 5.15. The summed E-state index contributed by atoms with van der Waals surface area (Å²) in [7, 11) is 0. The number of fused-ring (bicyclic) bond motifs is 1. The molecule has 1 N–H and O–H groups in total. The van der Waals surface area contributed by atoms with Crippen molar-refractivity contribution in [1.82, 2.24) is 19.6 Å². The average Bonchev–Trinajstić information content (AvgIpc) is 3.34. The minimum absolute atomic E-state index is 0.115. The lowest BCUT2D eigenvalue weighted by atomic mass is 10.2. The van der Waals surface area contributed by atoms with E-state index in [-0.39, 0.29) is 6.61 Å². The molecule has 2 aromatic carbocycles. The number of benzene rings is 2. The fraction of sp³-hybridized carbons (Fsp3) is 0.227. The third-order valence-corrected chi connectivity index (χ3v) is 5.15. The Bertz CT molecular complexity index is 1280. The van der Waals surface area contributed by atoms with Gasteiger partial charge < -0.3 is 14.4 Å². The Balaban J connectivity index is 1.49. The summed E-state index contributed by atoms with van der Waals surface area (Å²) < 4.78 is 45.7. The van der Waals surface area contributed by atoms with E-state index in [4.69, 9.17) is 4.74 Å². The Labute approximate surface area is 180 Å². The highest BCUT2D eigenvalue weighted by Crippen LogP contribution is 2.29. The molecule has 2 heterocycles. The highest BCUT2D eigenvalue weighted by Gasteiger charge is 2.30. The molecule has 0 bridgehead atoms. The van der Waals surface area contributed by atoms with Crippen molar-refractivity contribution in [2.75, 3.05) is 0 Å². The number of rotatable bonds is 6. The predicted octanol–water partition coefficient (Wildman–Crippen LogP) is 4.77. The molecule has 2 aromatic heterocycles. The van der Waals surface area contributed by atoms with E-state index in [9.17, 15) is 23.1 Å². The molecule has 0 aliphatic rings. The van der Waals surface area contributed by atoms with Crippen LogP contribution in [0, 0.1) is 6.92 Å². The van der Waals surface area contributed by atoms with Crippen molar-refractivity contribution in [3.8, 4) is 11.4 Å². The summed E-state index contributed by atoms with van der Waals surface area (Å²) >= 11 is 0. The predicted molar refractivity (Wildman–Crippen MR) is 110 cm³/mol. The van der Waals surface area contributed by atoms with E-state index in [2.05, 4.69) is 10.2 Å². The number of aliphatic carboxylic acids is 1. The Morgan fingerprint density at radius 3 is 2.50 bits per heavy atom. The van der Waals surface area contributed by atoms with Gasteiger partial charge in [0.2, 0.25) is 0 Å². The molecule has 1 atom stereocenters. The van der Waals surface area contributed by atoms with Gasteiger partial charge in [-0.05, 0) is 62.4 Å². The van der Waals surface area contributed by atoms with Gasteiger partial charge in [0.15, 0.2) is 0 Å². The second-order valence-corrected chi connectivity index (χ2v) is 7.31. The fourth-order valence-corrected chi connectivity index (χ4v) is 3.28. The van der Waals surface area contributed by atoms with E-state index in [0.29, 0.717) is 22.8 Å². The number of hydrogen-bond acceptors (Lipinski definition) is 4. The van der Waals surface area contributed by atoms with Crippen LogP contribution in [0.2, 0.25) is 0 Å². The number of hydrogen-bond donors (Lipinski definition) is 1. The molecule has 10 heteroatoms. The van der Waals surface area contributed by atoms with Crippen LogP contribution in [0.1, 0.15) is 29.9 Å². The van der Waals surface area contributed by atoms with Gasteiger partial charge in [-0.25, -0.2) is 4.79 Å². The number of halogens is 3. The van der Waals surface area contributed by atoms with Crippen LogP contribution in [0.15, 0.2) is 54.7 Å². The monoisotopic (exact) mass is 444 g/mol. The van der Waals surface area contributed by atoms with E-state index in [1.807, 2.05) is 6.07 Å². The highest BCUT2D eigenvalue weighted by atomic mass is 19.4. The summed E-state index contributed by atoms with van der Waals surface area (Å²) in [6.45, 7) is 3.46. The molecule has 0 amide bonds. The molecule has 0 aliphatic carbocycles. The number of aromatic nitrogens is 4. The topological polar surface area (TPSA) is 82.2 Å². The molecular weight excluding hydrogens is 425 g/mol. The summed E-state index contributed by atoms with van der Waals surface area (Å²) in [5.41, 5.74) is 1.57. The van der Waals surface area contributed by atoms with Crippen LogP contribution in [0.25, 0.3) is 16.6 Å². The van der Waals surface area contributed by atoms with Gasteiger partial charge in [-0.2, -0.15) is 23.1 Å². The molecule has 4 rings (SSSR count). The van der Waals surface area contributed by atoms with E-state index in [1.165, 1.54) is 16.9 Å². The molecule has 0 saturated carbocycles. The normalized spacial score (nSPS) is 12.8. The number of ether oxygens (including phenoxy) is 1. The molecule has 0 aliphatic heterocycles. The minimum atomic E-state index is -4.40. The van der Waals surface area contributed by atoms with Gasteiger partial charge in [0, 0.05) is 17.1 Å². The molecule has 32 heavy (non-hydrogen) atoms. The third kappa shape index (κ3) is 4.16. The Kier molecular flexibility index (Phi) is 5.37. The zero-order valence-electron chi connectivity index (χ0n) is 17.2. The zero-order chi connectivity index (χ0) is 23.0. The van der Waals surface area contributed by atoms with Crippen LogP contribution in [0.3, 0.4) is 0 Å². The SMILES string of the molecule is Cc1nn(-c2ccc(C(F)(F)F)cc2)nc1COc1ccc2c(ccn2C(C)C(=O)O)c1. The standard InChI is InChI=1S/C22H19F3N4O3/c1-13-19(27-29(26-13)17-5-3-16(4-6-17)22(23,24)25)12-32-18-7-8-20-15(11-18)9-10-28(20)14(2)21(30)31/h3-11,14H,12H2,1-2H3,(H,30,31). The smallest absolute Gasteiger partial charge is 0.416 e. The molecular formula is C22H19F3N4O3. The molecule has 0 saturated heterocycles. The summed E-state index contributed by atoms with van der Waals surface area (Å²) in [5.74, 6) is -0.351. The van der Waals surface area contributed by atoms with Crippen molar-refractivity contribution in [3.05, 3.63) is 71.7 Å². The Hall–Kier alpha value is -3.82. The fourth-order valence-electron chi connectivity index (χ4n) is 3.28. The van der Waals surface area contributed by atoms with Crippen molar-refractivity contribution < 1.29 is 27.8 Å². The lowest BCUT2D eigenvalue weighted by Crippen LogP contribution is -2.14. The molecule has 4 aromatic rings. The summed E-state index contributed by atoms with van der Waals surface area (Å²) in [4.78, 5) is 12.5. The largest absolute Gasteiger partial charge is 0.487 e. The van der Waals surface area contributed by atoms with Crippen LogP contribution in [0.4, 0.5) is 13.2 Å². The maximum absolute atomic E-state index is 12.7. The van der Waals surface area contributed by atoms with E-state index in [0.717, 1.165) is 23.0 Å². The number of carboxylic acid groups (broad SMARTS) is 1. The van der Waals surface area contributed by atoms with Gasteiger partial charge in [-0.15, -0.1) is 5.10 Å². The Morgan fingerprint density at radius 1 is 1.12 bits per heavy atom. The lowest BCUT2D eigenvalue weighted by molar-refractivity contribution is -0.140. The minimum Gasteiger partial charge on any atom is -0.487 e. The van der Waals surface area contributed by atoms with E-state index < -0.39 is 23.8 Å². The second-order valence-electron chi connectivity index (χ2n) is 7.31. The second kappa shape index (κ2) is 8.03. The van der Waals surface area contributed by atoms with Crippen molar-refractivity contribution >= 4 is 16.9 Å². The number of nitrogens with zero attached hydrogens (tertiary/aromatic N) is 4. The molecule has 0 fully saturated rings. The van der Waals surface area contributed by atoms with Crippen molar-refractivity contribution in [2.45, 2.75) is 32.7 Å². The summed E-state index contributed by atoms with van der Waals surface area (Å²) in [5, 5.41) is 18.6. The molecule has 166 valence electrons. The van der Waals surface area contributed by atoms with Crippen LogP contribution in [-0.2, 0) is 17.6 Å². The van der Waals surface area contributed by atoms with E-state index in [1.54, 1.807) is 42.8 Å². The van der Waals surface area contributed by atoms with Gasteiger partial charge in [0.1, 0.15) is 24.1 Å². The number of aryl methyl sites for hydroxylation is 1. The van der Waals surface area contributed by atoms with Gasteiger partial charge in [0.05, 0.1) is 16.9 Å². The lowest BCUT2D eigenvalue weighted by Gasteiger charge is -2.11. The van der Waals surface area contributed by atoms with Crippen LogP contribution >= 0.6 is 0 Å². The first kappa shape index (κ1) is 21.4. The van der Waals surface area contributed by atoms with Crippen molar-refractivity contribution in [2.24, 2.45) is 0 Å². The Morgan fingerprint density at radius 2 is 1.84 bits per heavy atom. The maximum Gasteiger partial charge on any atom is 0.416 e. The molecule has 1 unspecified atom stereocenters. The van der Waals surface area contributed by atoms with Crippen molar-refractivity contribution in [1.29, 1.82) is 0 Å². The molecule has 0 spiro atoms.